The summed E-state index contributed by atoms with van der Waals surface area (Å²) in [6, 6.07) is 14.2. The van der Waals surface area contributed by atoms with Gasteiger partial charge >= 0.3 is 0 Å². The fraction of sp³-hybridized carbons (Fsp3) is 0.188. The van der Waals surface area contributed by atoms with Crippen LogP contribution in [0, 0.1) is 5.82 Å². The van der Waals surface area contributed by atoms with E-state index in [9.17, 15) is 9.18 Å². The van der Waals surface area contributed by atoms with Gasteiger partial charge in [0, 0.05) is 11.1 Å². The Morgan fingerprint density at radius 3 is 2.44 bits per heavy atom. The zero-order valence-corrected chi connectivity index (χ0v) is 10.1. The molecular weight excluding hydrogens is 227 g/mol. The van der Waals surface area contributed by atoms with E-state index < -0.39 is 5.41 Å². The largest absolute Gasteiger partial charge is 0.293 e. The van der Waals surface area contributed by atoms with Crippen LogP contribution in [-0.4, -0.2) is 5.78 Å². The van der Waals surface area contributed by atoms with Gasteiger partial charge in [-0.1, -0.05) is 49.4 Å². The highest BCUT2D eigenvalue weighted by atomic mass is 19.1. The van der Waals surface area contributed by atoms with E-state index in [2.05, 4.69) is 0 Å². The maximum Gasteiger partial charge on any atom is 0.178 e. The van der Waals surface area contributed by atoms with Gasteiger partial charge in [0.05, 0.1) is 5.41 Å². The van der Waals surface area contributed by atoms with Gasteiger partial charge in [0.1, 0.15) is 5.82 Å². The van der Waals surface area contributed by atoms with E-state index in [1.807, 2.05) is 37.3 Å². The lowest BCUT2D eigenvalue weighted by molar-refractivity contribution is 0.0858. The lowest BCUT2D eigenvalue weighted by atomic mass is 9.58. The fourth-order valence-electron chi connectivity index (χ4n) is 2.97. The van der Waals surface area contributed by atoms with Crippen LogP contribution >= 0.6 is 0 Å². The van der Waals surface area contributed by atoms with Crippen molar-refractivity contribution in [2.45, 2.75) is 18.8 Å². The number of hydrogen-bond acceptors (Lipinski definition) is 1. The van der Waals surface area contributed by atoms with Crippen molar-refractivity contribution < 1.29 is 9.18 Å². The van der Waals surface area contributed by atoms with Crippen LogP contribution in [0.4, 0.5) is 4.39 Å². The molecule has 3 rings (SSSR count). The third-order valence-electron chi connectivity index (χ3n) is 3.87. The van der Waals surface area contributed by atoms with E-state index in [0.29, 0.717) is 17.5 Å². The molecule has 0 aromatic heterocycles. The number of hydrogen-bond donors (Lipinski definition) is 0. The number of Topliss-reactive ketones (excluding diaryl/α,β-unsaturated/α-hetero) is 1. The van der Waals surface area contributed by atoms with Crippen molar-refractivity contribution in [3.05, 3.63) is 71.0 Å². The molecule has 2 aromatic carbocycles. The van der Waals surface area contributed by atoms with Crippen molar-refractivity contribution in [2.75, 3.05) is 0 Å². The Hall–Kier alpha value is -1.96. The van der Waals surface area contributed by atoms with E-state index in [1.165, 1.54) is 6.07 Å². The Morgan fingerprint density at radius 1 is 1.06 bits per heavy atom. The predicted octanol–water partition coefficient (Wildman–Crippen LogP) is 3.72. The Balaban J connectivity index is 2.28. The first-order valence-corrected chi connectivity index (χ1v) is 6.11. The van der Waals surface area contributed by atoms with Crippen LogP contribution in [0.5, 0.6) is 0 Å². The highest BCUT2D eigenvalue weighted by Crippen LogP contribution is 2.49. The topological polar surface area (TPSA) is 17.1 Å². The fourth-order valence-corrected chi connectivity index (χ4v) is 2.97. The summed E-state index contributed by atoms with van der Waals surface area (Å²) in [5.41, 5.74) is 1.20. The maximum atomic E-state index is 14.0. The van der Waals surface area contributed by atoms with Crippen molar-refractivity contribution >= 4 is 5.78 Å². The molecule has 0 saturated carbocycles. The highest BCUT2D eigenvalue weighted by molar-refractivity contribution is 6.16. The molecule has 18 heavy (non-hydrogen) atoms. The van der Waals surface area contributed by atoms with Crippen LogP contribution in [0.3, 0.4) is 0 Å². The summed E-state index contributed by atoms with van der Waals surface area (Å²) in [5.74, 6) is -0.247. The van der Waals surface area contributed by atoms with Gasteiger partial charge < -0.3 is 0 Å². The molecule has 0 aliphatic heterocycles. The Morgan fingerprint density at radius 2 is 1.78 bits per heavy atom. The SMILES string of the molecule is CCC1(c2ccccc2)C(=O)c2cccc(F)c21. The molecule has 0 N–H and O–H groups in total. The van der Waals surface area contributed by atoms with Crippen molar-refractivity contribution in [1.29, 1.82) is 0 Å². The van der Waals surface area contributed by atoms with Crippen molar-refractivity contribution in [1.82, 2.24) is 0 Å². The molecule has 0 bridgehead atoms. The summed E-state index contributed by atoms with van der Waals surface area (Å²) in [6.45, 7) is 1.93. The quantitative estimate of drug-likeness (QED) is 0.782. The van der Waals surface area contributed by atoms with Crippen LogP contribution in [0.2, 0.25) is 0 Å². The van der Waals surface area contributed by atoms with Crippen molar-refractivity contribution in [2.24, 2.45) is 0 Å². The van der Waals surface area contributed by atoms with Crippen molar-refractivity contribution in [3.8, 4) is 0 Å². The van der Waals surface area contributed by atoms with Gasteiger partial charge in [0.25, 0.3) is 0 Å². The van der Waals surface area contributed by atoms with Gasteiger partial charge in [-0.3, -0.25) is 4.79 Å². The van der Waals surface area contributed by atoms with Gasteiger partial charge in [-0.15, -0.1) is 0 Å². The lowest BCUT2D eigenvalue weighted by Gasteiger charge is -2.42. The Bertz CT molecular complexity index is 618. The van der Waals surface area contributed by atoms with Gasteiger partial charge in [0.2, 0.25) is 0 Å². The molecule has 2 aromatic rings. The maximum absolute atomic E-state index is 14.0. The number of benzene rings is 2. The number of carbonyl (C=O) groups is 1. The molecule has 1 nitrogen and oxygen atoms in total. The van der Waals surface area contributed by atoms with Crippen molar-refractivity contribution in [3.63, 3.8) is 0 Å². The summed E-state index contributed by atoms with van der Waals surface area (Å²) in [6.07, 6.45) is 0.587. The van der Waals surface area contributed by atoms with E-state index in [1.54, 1.807) is 12.1 Å². The first-order chi connectivity index (χ1) is 8.71. The number of fused-ring (bicyclic) bond motifs is 1. The molecule has 1 atom stereocenters. The number of halogens is 1. The molecular formula is C16H13FO. The second kappa shape index (κ2) is 3.77. The average molecular weight is 240 g/mol. The molecule has 0 spiro atoms. The van der Waals surface area contributed by atoms with E-state index in [4.69, 9.17) is 0 Å². The minimum Gasteiger partial charge on any atom is -0.293 e. The van der Waals surface area contributed by atoms with Gasteiger partial charge in [0.15, 0.2) is 5.78 Å². The molecule has 0 heterocycles. The third-order valence-corrected chi connectivity index (χ3v) is 3.87. The first kappa shape index (κ1) is 11.1. The van der Waals surface area contributed by atoms with Crippen LogP contribution < -0.4 is 0 Å². The first-order valence-electron chi connectivity index (χ1n) is 6.11. The van der Waals surface area contributed by atoms with Crippen LogP contribution in [0.15, 0.2) is 48.5 Å². The lowest BCUT2D eigenvalue weighted by Crippen LogP contribution is -2.47. The molecule has 0 fully saturated rings. The minimum atomic E-state index is -0.776. The molecule has 1 aliphatic rings. The molecule has 1 aliphatic carbocycles. The minimum absolute atomic E-state index is 0.0331. The summed E-state index contributed by atoms with van der Waals surface area (Å²) in [4.78, 5) is 12.4. The summed E-state index contributed by atoms with van der Waals surface area (Å²) in [7, 11) is 0. The van der Waals surface area contributed by atoms with Gasteiger partial charge in [-0.2, -0.15) is 0 Å². The number of carbonyl (C=O) groups excluding carboxylic acids is 1. The van der Waals surface area contributed by atoms with Gasteiger partial charge in [-0.05, 0) is 18.1 Å². The number of ketones is 1. The normalized spacial score (nSPS) is 21.3. The van der Waals surface area contributed by atoms with Crippen LogP contribution in [0.25, 0.3) is 0 Å². The molecule has 2 heteroatoms. The zero-order chi connectivity index (χ0) is 12.8. The average Bonchev–Trinajstić information content (AvgIpc) is 2.41. The third kappa shape index (κ3) is 1.18. The molecule has 1 unspecified atom stereocenters. The predicted molar refractivity (Wildman–Crippen MR) is 68.2 cm³/mol. The van der Waals surface area contributed by atoms with Crippen LogP contribution in [0.1, 0.15) is 34.8 Å². The molecule has 90 valence electrons. The summed E-state index contributed by atoms with van der Waals surface area (Å²) >= 11 is 0. The second-order valence-corrected chi connectivity index (χ2v) is 4.62. The Kier molecular flexibility index (Phi) is 2.34. The van der Waals surface area contributed by atoms with E-state index >= 15 is 0 Å². The standard InChI is InChI=1S/C16H13FO/c1-2-16(11-7-4-3-5-8-11)14-12(15(16)18)9-6-10-13(14)17/h3-10H,2H2,1H3. The number of rotatable bonds is 2. The van der Waals surface area contributed by atoms with E-state index in [-0.39, 0.29) is 11.6 Å². The summed E-state index contributed by atoms with van der Waals surface area (Å²) < 4.78 is 14.0. The summed E-state index contributed by atoms with van der Waals surface area (Å²) in [5, 5.41) is 0. The van der Waals surface area contributed by atoms with Crippen LogP contribution in [-0.2, 0) is 5.41 Å². The molecule has 0 saturated heterocycles. The Labute approximate surface area is 105 Å². The monoisotopic (exact) mass is 240 g/mol. The van der Waals surface area contributed by atoms with Gasteiger partial charge in [-0.25, -0.2) is 4.39 Å². The second-order valence-electron chi connectivity index (χ2n) is 4.62. The smallest absolute Gasteiger partial charge is 0.178 e. The van der Waals surface area contributed by atoms with E-state index in [0.717, 1.165) is 5.56 Å². The highest BCUT2D eigenvalue weighted by Gasteiger charge is 2.52. The molecule has 0 amide bonds. The molecule has 0 radical (unpaired) electrons. The zero-order valence-electron chi connectivity index (χ0n) is 10.1.